The van der Waals surface area contributed by atoms with Gasteiger partial charge in [-0.05, 0) is 62.5 Å². The molecule has 0 unspecified atom stereocenters. The summed E-state index contributed by atoms with van der Waals surface area (Å²) in [6.07, 6.45) is -0.0748. The molecular formula is C24H28N4O4S. The lowest BCUT2D eigenvalue weighted by molar-refractivity contribution is -0.124. The molecule has 2 aromatic carbocycles. The van der Waals surface area contributed by atoms with Crippen LogP contribution in [0, 0.1) is 6.92 Å². The van der Waals surface area contributed by atoms with E-state index in [1.54, 1.807) is 29.2 Å². The number of nitrogens with zero attached hydrogens (tertiary/aromatic N) is 2. The number of hydrogen-bond acceptors (Lipinski definition) is 5. The number of carbonyl (C=O) groups excluding carboxylic acids is 3. The van der Waals surface area contributed by atoms with Crippen molar-refractivity contribution in [3.8, 4) is 5.75 Å². The highest BCUT2D eigenvalue weighted by Crippen LogP contribution is 2.27. The van der Waals surface area contributed by atoms with Crippen LogP contribution >= 0.6 is 12.2 Å². The van der Waals surface area contributed by atoms with Gasteiger partial charge in [0.05, 0.1) is 18.7 Å². The van der Waals surface area contributed by atoms with Crippen LogP contribution in [-0.2, 0) is 14.4 Å². The number of anilines is 2. The monoisotopic (exact) mass is 468 g/mol. The van der Waals surface area contributed by atoms with Crippen molar-refractivity contribution in [2.45, 2.75) is 33.2 Å². The second kappa shape index (κ2) is 10.9. The van der Waals surface area contributed by atoms with E-state index < -0.39 is 6.04 Å². The van der Waals surface area contributed by atoms with E-state index in [4.69, 9.17) is 17.0 Å². The standard InChI is InChI=1S/C24H28N4O4S/c1-4-32-20-11-7-18(8-12-20)26-22(30)15-21-23(31)28(19-9-5-16(2)6-10-19)24(33)27(21)14-13-25-17(3)29/h5-12,21H,4,13-15H2,1-3H3,(H,25,29)(H,26,30)/t21-/m0/s1. The summed E-state index contributed by atoms with van der Waals surface area (Å²) in [6.45, 7) is 6.46. The van der Waals surface area contributed by atoms with Gasteiger partial charge in [0, 0.05) is 25.7 Å². The lowest BCUT2D eigenvalue weighted by Crippen LogP contribution is -2.42. The van der Waals surface area contributed by atoms with Gasteiger partial charge < -0.3 is 20.3 Å². The Morgan fingerprint density at radius 2 is 1.76 bits per heavy atom. The fourth-order valence-electron chi connectivity index (χ4n) is 3.56. The van der Waals surface area contributed by atoms with Crippen LogP contribution in [0.1, 0.15) is 25.8 Å². The van der Waals surface area contributed by atoms with Crippen molar-refractivity contribution >= 4 is 46.4 Å². The van der Waals surface area contributed by atoms with Crippen LogP contribution in [0.4, 0.5) is 11.4 Å². The lowest BCUT2D eigenvalue weighted by Gasteiger charge is -2.24. The fourth-order valence-corrected chi connectivity index (χ4v) is 3.97. The zero-order valence-electron chi connectivity index (χ0n) is 19.0. The molecule has 1 aliphatic heterocycles. The van der Waals surface area contributed by atoms with Crippen LogP contribution in [0.5, 0.6) is 5.75 Å². The number of thiocarbonyl (C=S) groups is 1. The van der Waals surface area contributed by atoms with Gasteiger partial charge >= 0.3 is 0 Å². The maximum Gasteiger partial charge on any atom is 0.256 e. The molecule has 2 aromatic rings. The Hall–Kier alpha value is -3.46. The minimum atomic E-state index is -0.768. The molecule has 3 rings (SSSR count). The van der Waals surface area contributed by atoms with Crippen LogP contribution in [0.3, 0.4) is 0 Å². The predicted molar refractivity (Wildman–Crippen MR) is 131 cm³/mol. The van der Waals surface area contributed by atoms with Crippen LogP contribution in [-0.4, -0.2) is 53.5 Å². The second-order valence-corrected chi connectivity index (χ2v) is 8.06. The largest absolute Gasteiger partial charge is 0.494 e. The molecule has 1 saturated heterocycles. The van der Waals surface area contributed by atoms with E-state index in [0.717, 1.165) is 5.56 Å². The third-order valence-electron chi connectivity index (χ3n) is 5.17. The Bertz CT molecular complexity index is 1020. The van der Waals surface area contributed by atoms with E-state index in [2.05, 4.69) is 10.6 Å². The average Bonchev–Trinajstić information content (AvgIpc) is 3.00. The van der Waals surface area contributed by atoms with Crippen molar-refractivity contribution in [3.05, 3.63) is 54.1 Å². The van der Waals surface area contributed by atoms with Crippen LogP contribution in [0.2, 0.25) is 0 Å². The zero-order valence-corrected chi connectivity index (χ0v) is 19.8. The van der Waals surface area contributed by atoms with Gasteiger partial charge in [-0.25, -0.2) is 0 Å². The maximum atomic E-state index is 13.3. The summed E-state index contributed by atoms with van der Waals surface area (Å²) in [6, 6.07) is 13.7. The zero-order chi connectivity index (χ0) is 24.0. The molecule has 1 atom stereocenters. The Morgan fingerprint density at radius 1 is 1.09 bits per heavy atom. The SMILES string of the molecule is CCOc1ccc(NC(=O)C[C@H]2C(=O)N(c3ccc(C)cc3)C(=S)N2CCNC(C)=O)cc1. The van der Waals surface area contributed by atoms with Crippen LogP contribution < -0.4 is 20.3 Å². The normalized spacial score (nSPS) is 15.5. The Balaban J connectivity index is 1.75. The molecule has 0 bridgehead atoms. The topological polar surface area (TPSA) is 91.0 Å². The highest BCUT2D eigenvalue weighted by Gasteiger charge is 2.43. The highest BCUT2D eigenvalue weighted by molar-refractivity contribution is 7.80. The molecule has 0 aliphatic carbocycles. The highest BCUT2D eigenvalue weighted by atomic mass is 32.1. The molecule has 1 aliphatic rings. The molecule has 0 radical (unpaired) electrons. The molecule has 174 valence electrons. The molecule has 0 aromatic heterocycles. The van der Waals surface area contributed by atoms with Gasteiger partial charge in [-0.1, -0.05) is 17.7 Å². The summed E-state index contributed by atoms with van der Waals surface area (Å²) in [5, 5.41) is 5.86. The third kappa shape index (κ3) is 6.07. The second-order valence-electron chi connectivity index (χ2n) is 7.69. The first kappa shape index (κ1) is 24.2. The Labute approximate surface area is 198 Å². The fraction of sp³-hybridized carbons (Fsp3) is 0.333. The summed E-state index contributed by atoms with van der Waals surface area (Å²) in [7, 11) is 0. The van der Waals surface area contributed by atoms with Crippen LogP contribution in [0.15, 0.2) is 48.5 Å². The number of amides is 3. The molecule has 8 nitrogen and oxygen atoms in total. The number of carbonyl (C=O) groups is 3. The quantitative estimate of drug-likeness (QED) is 0.550. The molecule has 0 saturated carbocycles. The maximum absolute atomic E-state index is 13.3. The van der Waals surface area contributed by atoms with Crippen molar-refractivity contribution in [2.24, 2.45) is 0 Å². The number of nitrogens with one attached hydrogen (secondary N) is 2. The number of hydrogen-bond donors (Lipinski definition) is 2. The average molecular weight is 469 g/mol. The van der Waals surface area contributed by atoms with E-state index in [0.29, 0.717) is 41.9 Å². The minimum absolute atomic E-state index is 0.0748. The number of ether oxygens (including phenoxy) is 1. The number of benzene rings is 2. The first-order valence-electron chi connectivity index (χ1n) is 10.8. The van der Waals surface area contributed by atoms with Crippen molar-refractivity contribution in [3.63, 3.8) is 0 Å². The van der Waals surface area contributed by atoms with E-state index >= 15 is 0 Å². The Morgan fingerprint density at radius 3 is 2.36 bits per heavy atom. The molecule has 33 heavy (non-hydrogen) atoms. The lowest BCUT2D eigenvalue weighted by atomic mass is 10.1. The van der Waals surface area contributed by atoms with Gasteiger partial charge in [0.1, 0.15) is 11.8 Å². The van der Waals surface area contributed by atoms with E-state index in [-0.39, 0.29) is 24.1 Å². The van der Waals surface area contributed by atoms with E-state index in [1.807, 2.05) is 38.1 Å². The summed E-state index contributed by atoms with van der Waals surface area (Å²) in [5.74, 6) is -0.0413. The third-order valence-corrected chi connectivity index (χ3v) is 5.58. The molecule has 0 spiro atoms. The van der Waals surface area contributed by atoms with Gasteiger partial charge in [0.25, 0.3) is 5.91 Å². The van der Waals surface area contributed by atoms with Gasteiger partial charge in [-0.15, -0.1) is 0 Å². The summed E-state index contributed by atoms with van der Waals surface area (Å²) in [5.41, 5.74) is 2.32. The van der Waals surface area contributed by atoms with Gasteiger partial charge in [0.2, 0.25) is 11.8 Å². The van der Waals surface area contributed by atoms with Crippen LogP contribution in [0.25, 0.3) is 0 Å². The van der Waals surface area contributed by atoms with Gasteiger partial charge in [-0.3, -0.25) is 19.3 Å². The molecule has 9 heteroatoms. The van der Waals surface area contributed by atoms with E-state index in [1.165, 1.54) is 11.8 Å². The molecule has 1 heterocycles. The smallest absolute Gasteiger partial charge is 0.256 e. The van der Waals surface area contributed by atoms with Crippen molar-refractivity contribution in [1.82, 2.24) is 10.2 Å². The first-order valence-corrected chi connectivity index (χ1v) is 11.2. The number of rotatable bonds is 9. The van der Waals surface area contributed by atoms with Gasteiger partial charge in [0.15, 0.2) is 5.11 Å². The molecule has 1 fully saturated rings. The summed E-state index contributed by atoms with van der Waals surface area (Å²) >= 11 is 5.60. The van der Waals surface area contributed by atoms with Crippen molar-refractivity contribution in [2.75, 3.05) is 29.9 Å². The van der Waals surface area contributed by atoms with Crippen molar-refractivity contribution in [1.29, 1.82) is 0 Å². The van der Waals surface area contributed by atoms with E-state index in [9.17, 15) is 14.4 Å². The van der Waals surface area contributed by atoms with Crippen molar-refractivity contribution < 1.29 is 19.1 Å². The predicted octanol–water partition coefficient (Wildman–Crippen LogP) is 2.86. The molecular weight excluding hydrogens is 440 g/mol. The molecule has 3 amide bonds. The first-order chi connectivity index (χ1) is 15.8. The minimum Gasteiger partial charge on any atom is -0.494 e. The molecule has 2 N–H and O–H groups in total. The number of aryl methyl sites for hydroxylation is 1. The van der Waals surface area contributed by atoms with Gasteiger partial charge in [-0.2, -0.15) is 0 Å². The summed E-state index contributed by atoms with van der Waals surface area (Å²) < 4.78 is 5.42. The Kier molecular flexibility index (Phi) is 8.00. The summed E-state index contributed by atoms with van der Waals surface area (Å²) in [4.78, 5) is 40.6.